The van der Waals surface area contributed by atoms with Gasteiger partial charge in [-0.05, 0) is 27.2 Å². The molecule has 4 nitrogen and oxygen atoms in total. The summed E-state index contributed by atoms with van der Waals surface area (Å²) in [6, 6.07) is 0.147. The number of halogens is 1. The fourth-order valence-electron chi connectivity index (χ4n) is 1.38. The molecule has 0 aromatic heterocycles. The zero-order valence-corrected chi connectivity index (χ0v) is 10.4. The van der Waals surface area contributed by atoms with E-state index in [1.807, 2.05) is 20.8 Å². The Kier molecular flexibility index (Phi) is 5.56. The average molecular weight is 237 g/mol. The zero-order valence-electron chi connectivity index (χ0n) is 9.58. The van der Waals surface area contributed by atoms with Crippen LogP contribution in [0.1, 0.15) is 27.2 Å². The molecule has 0 aromatic rings. The van der Waals surface area contributed by atoms with Crippen molar-refractivity contribution in [2.24, 2.45) is 11.1 Å². The number of ether oxygens (including phenoxy) is 1. The van der Waals surface area contributed by atoms with E-state index in [4.69, 9.17) is 10.5 Å². The normalized spacial score (nSPS) is 25.9. The fraction of sp³-hybridized carbons (Fsp3) is 0.900. The zero-order chi connectivity index (χ0) is 10.8. The van der Waals surface area contributed by atoms with Gasteiger partial charge in [-0.25, -0.2) is 0 Å². The van der Waals surface area contributed by atoms with E-state index < -0.39 is 5.41 Å². The van der Waals surface area contributed by atoms with Crippen LogP contribution in [-0.4, -0.2) is 31.2 Å². The predicted molar refractivity (Wildman–Crippen MR) is 62.0 cm³/mol. The van der Waals surface area contributed by atoms with E-state index in [0.717, 1.165) is 13.0 Å². The molecule has 1 fully saturated rings. The minimum atomic E-state index is -0.484. The first-order chi connectivity index (χ1) is 6.47. The van der Waals surface area contributed by atoms with Crippen LogP contribution in [0, 0.1) is 5.41 Å². The van der Waals surface area contributed by atoms with Gasteiger partial charge in [0.05, 0.1) is 17.6 Å². The van der Waals surface area contributed by atoms with Crippen molar-refractivity contribution < 1.29 is 9.53 Å². The van der Waals surface area contributed by atoms with Gasteiger partial charge in [-0.2, -0.15) is 0 Å². The summed E-state index contributed by atoms with van der Waals surface area (Å²) in [6.07, 6.45) is 1.01. The van der Waals surface area contributed by atoms with E-state index in [-0.39, 0.29) is 30.5 Å². The lowest BCUT2D eigenvalue weighted by atomic mass is 9.92. The Balaban J connectivity index is 0.00000196. The number of amides is 1. The van der Waals surface area contributed by atoms with Crippen LogP contribution in [0.15, 0.2) is 0 Å². The van der Waals surface area contributed by atoms with E-state index in [9.17, 15) is 4.79 Å². The van der Waals surface area contributed by atoms with Crippen LogP contribution < -0.4 is 11.1 Å². The smallest absolute Gasteiger partial charge is 0.227 e. The average Bonchev–Trinajstić information content (AvgIpc) is 2.52. The molecule has 1 amide bonds. The van der Waals surface area contributed by atoms with Gasteiger partial charge in [0, 0.05) is 13.2 Å². The van der Waals surface area contributed by atoms with Crippen molar-refractivity contribution >= 4 is 18.3 Å². The first kappa shape index (κ1) is 14.7. The first-order valence-corrected chi connectivity index (χ1v) is 5.10. The number of hydrogen-bond acceptors (Lipinski definition) is 3. The molecule has 90 valence electrons. The van der Waals surface area contributed by atoms with Crippen LogP contribution in [0.5, 0.6) is 0 Å². The Labute approximate surface area is 97.3 Å². The quantitative estimate of drug-likeness (QED) is 0.758. The second kappa shape index (κ2) is 5.68. The number of hydrogen-bond donors (Lipinski definition) is 2. The van der Waals surface area contributed by atoms with E-state index in [0.29, 0.717) is 6.54 Å². The van der Waals surface area contributed by atoms with Gasteiger partial charge in [0.15, 0.2) is 0 Å². The number of carbonyl (C=O) groups excluding carboxylic acids is 1. The van der Waals surface area contributed by atoms with Crippen LogP contribution in [-0.2, 0) is 9.53 Å². The molecule has 1 rings (SSSR count). The number of rotatable bonds is 3. The topological polar surface area (TPSA) is 64.3 Å². The van der Waals surface area contributed by atoms with E-state index in [1.165, 1.54) is 0 Å². The Morgan fingerprint density at radius 3 is 2.60 bits per heavy atom. The maximum atomic E-state index is 11.8. The van der Waals surface area contributed by atoms with Crippen molar-refractivity contribution in [1.82, 2.24) is 5.32 Å². The van der Waals surface area contributed by atoms with Crippen LogP contribution in [0.3, 0.4) is 0 Å². The van der Waals surface area contributed by atoms with Crippen molar-refractivity contribution in [3.8, 4) is 0 Å². The largest absolute Gasteiger partial charge is 0.376 e. The fourth-order valence-corrected chi connectivity index (χ4v) is 1.38. The summed E-state index contributed by atoms with van der Waals surface area (Å²) in [5.74, 6) is 0.0161. The number of nitrogens with one attached hydrogen (secondary N) is 1. The van der Waals surface area contributed by atoms with Crippen LogP contribution >= 0.6 is 12.4 Å². The van der Waals surface area contributed by atoms with Gasteiger partial charge >= 0.3 is 0 Å². The number of carbonyl (C=O) groups is 1. The highest BCUT2D eigenvalue weighted by atomic mass is 35.5. The Hall–Kier alpha value is -0.320. The molecule has 15 heavy (non-hydrogen) atoms. The Bertz CT molecular complexity index is 221. The lowest BCUT2D eigenvalue weighted by Gasteiger charge is -2.25. The van der Waals surface area contributed by atoms with E-state index in [1.54, 1.807) is 0 Å². The minimum absolute atomic E-state index is 0. The summed E-state index contributed by atoms with van der Waals surface area (Å²) in [4.78, 5) is 11.8. The molecule has 1 saturated heterocycles. The van der Waals surface area contributed by atoms with Crippen LogP contribution in [0.4, 0.5) is 0 Å². The predicted octanol–water partition coefficient (Wildman–Crippen LogP) is 0.687. The summed E-state index contributed by atoms with van der Waals surface area (Å²) < 4.78 is 5.37. The summed E-state index contributed by atoms with van der Waals surface area (Å²) in [6.45, 7) is 6.77. The molecular weight excluding hydrogens is 216 g/mol. The van der Waals surface area contributed by atoms with Crippen molar-refractivity contribution in [2.45, 2.75) is 39.3 Å². The third-order valence-electron chi connectivity index (χ3n) is 2.82. The van der Waals surface area contributed by atoms with Gasteiger partial charge in [0.1, 0.15) is 0 Å². The lowest BCUT2D eigenvalue weighted by Crippen LogP contribution is -2.48. The SMILES string of the molecule is CC1OCCC1NC(=O)C(C)(C)CN.Cl. The van der Waals surface area contributed by atoms with Gasteiger partial charge in [0.2, 0.25) is 5.91 Å². The molecule has 3 N–H and O–H groups in total. The lowest BCUT2D eigenvalue weighted by molar-refractivity contribution is -0.130. The maximum Gasteiger partial charge on any atom is 0.227 e. The molecule has 1 aliphatic heterocycles. The molecule has 1 heterocycles. The molecule has 0 aromatic carbocycles. The van der Waals surface area contributed by atoms with Gasteiger partial charge in [-0.3, -0.25) is 4.79 Å². The maximum absolute atomic E-state index is 11.8. The third-order valence-corrected chi connectivity index (χ3v) is 2.82. The van der Waals surface area contributed by atoms with Gasteiger partial charge < -0.3 is 15.8 Å². The summed E-state index contributed by atoms with van der Waals surface area (Å²) in [5.41, 5.74) is 5.04. The molecule has 5 heteroatoms. The van der Waals surface area contributed by atoms with Gasteiger partial charge in [-0.1, -0.05) is 0 Å². The second-order valence-electron chi connectivity index (χ2n) is 4.53. The van der Waals surface area contributed by atoms with Gasteiger partial charge in [-0.15, -0.1) is 12.4 Å². The van der Waals surface area contributed by atoms with E-state index in [2.05, 4.69) is 5.32 Å². The summed E-state index contributed by atoms with van der Waals surface area (Å²) >= 11 is 0. The van der Waals surface area contributed by atoms with Gasteiger partial charge in [0.25, 0.3) is 0 Å². The van der Waals surface area contributed by atoms with Crippen LogP contribution in [0.25, 0.3) is 0 Å². The number of nitrogens with two attached hydrogens (primary N) is 1. The molecule has 0 saturated carbocycles. The van der Waals surface area contributed by atoms with Crippen molar-refractivity contribution in [3.63, 3.8) is 0 Å². The molecule has 1 aliphatic rings. The minimum Gasteiger partial charge on any atom is -0.376 e. The van der Waals surface area contributed by atoms with Crippen LogP contribution in [0.2, 0.25) is 0 Å². The Morgan fingerprint density at radius 2 is 2.20 bits per heavy atom. The Morgan fingerprint density at radius 1 is 1.60 bits per heavy atom. The molecule has 0 aliphatic carbocycles. The van der Waals surface area contributed by atoms with E-state index >= 15 is 0 Å². The standard InChI is InChI=1S/C10H20N2O2.ClH/c1-7-8(4-5-14-7)12-9(13)10(2,3)6-11;/h7-8H,4-6,11H2,1-3H3,(H,12,13);1H. The van der Waals surface area contributed by atoms with Crippen molar-refractivity contribution in [1.29, 1.82) is 0 Å². The van der Waals surface area contributed by atoms with Crippen molar-refractivity contribution in [3.05, 3.63) is 0 Å². The third kappa shape index (κ3) is 3.63. The highest BCUT2D eigenvalue weighted by Crippen LogP contribution is 2.17. The molecule has 2 atom stereocenters. The highest BCUT2D eigenvalue weighted by Gasteiger charge is 2.31. The van der Waals surface area contributed by atoms with Crippen molar-refractivity contribution in [2.75, 3.05) is 13.2 Å². The molecular formula is C10H21ClN2O2. The first-order valence-electron chi connectivity index (χ1n) is 5.10. The monoisotopic (exact) mass is 236 g/mol. The summed E-state index contributed by atoms with van der Waals surface area (Å²) in [7, 11) is 0. The molecule has 0 radical (unpaired) electrons. The summed E-state index contributed by atoms with van der Waals surface area (Å²) in [5, 5.41) is 2.98. The molecule has 0 spiro atoms. The highest BCUT2D eigenvalue weighted by molar-refractivity contribution is 5.85. The molecule has 0 bridgehead atoms. The second-order valence-corrected chi connectivity index (χ2v) is 4.53. The molecule has 2 unspecified atom stereocenters.